The molecule has 2 rings (SSSR count). The van der Waals surface area contributed by atoms with Crippen LogP contribution in [-0.2, 0) is 19.1 Å². The fourth-order valence-corrected chi connectivity index (χ4v) is 3.66. The van der Waals surface area contributed by atoms with Crippen molar-refractivity contribution < 1.29 is 19.1 Å². The lowest BCUT2D eigenvalue weighted by atomic mass is 9.81. The minimum absolute atomic E-state index is 0. The van der Waals surface area contributed by atoms with Crippen LogP contribution in [0.1, 0.15) is 46.5 Å². The van der Waals surface area contributed by atoms with Crippen molar-refractivity contribution in [2.24, 2.45) is 17.1 Å². The number of hydrogen-bond acceptors (Lipinski definition) is 5. The summed E-state index contributed by atoms with van der Waals surface area (Å²) in [6, 6.07) is -0.775. The minimum atomic E-state index is -0.775. The Hall–Kier alpha value is -1.34. The van der Waals surface area contributed by atoms with Crippen LogP contribution in [0.25, 0.3) is 0 Å². The first-order chi connectivity index (χ1) is 11.1. The third-order valence-corrected chi connectivity index (χ3v) is 5.09. The molecule has 0 aliphatic carbocycles. The van der Waals surface area contributed by atoms with E-state index in [2.05, 4.69) is 10.1 Å². The first-order valence-electron chi connectivity index (χ1n) is 8.53. The van der Waals surface area contributed by atoms with Crippen LogP contribution in [0.3, 0.4) is 0 Å². The predicted octanol–water partition coefficient (Wildman–Crippen LogP) is 0.842. The zero-order chi connectivity index (χ0) is 18.1. The number of piperidine rings is 1. The molecule has 0 saturated carbocycles. The van der Waals surface area contributed by atoms with Gasteiger partial charge >= 0.3 is 5.97 Å². The van der Waals surface area contributed by atoms with Gasteiger partial charge in [-0.1, -0.05) is 20.8 Å². The smallest absolute Gasteiger partial charge is 0.322 e. The Morgan fingerprint density at radius 2 is 1.92 bits per heavy atom. The van der Waals surface area contributed by atoms with Crippen LogP contribution in [0.4, 0.5) is 0 Å². The summed E-state index contributed by atoms with van der Waals surface area (Å²) in [7, 11) is 1.29. The quantitative estimate of drug-likeness (QED) is 0.712. The lowest BCUT2D eigenvalue weighted by molar-refractivity contribution is -0.143. The van der Waals surface area contributed by atoms with Crippen LogP contribution in [0.15, 0.2) is 0 Å². The van der Waals surface area contributed by atoms with Gasteiger partial charge in [0.2, 0.25) is 11.8 Å². The van der Waals surface area contributed by atoms with E-state index in [-0.39, 0.29) is 41.1 Å². The van der Waals surface area contributed by atoms with Crippen molar-refractivity contribution in [3.8, 4) is 0 Å². The summed E-state index contributed by atoms with van der Waals surface area (Å²) in [5.41, 5.74) is 5.13. The molecule has 1 unspecified atom stereocenters. The van der Waals surface area contributed by atoms with Crippen molar-refractivity contribution >= 4 is 30.2 Å². The highest BCUT2D eigenvalue weighted by Gasteiger charge is 2.47. The third-order valence-electron chi connectivity index (χ3n) is 5.09. The Balaban J connectivity index is 0.00000312. The van der Waals surface area contributed by atoms with Crippen LogP contribution in [0.2, 0.25) is 0 Å². The number of methoxy groups -OCH3 is 1. The van der Waals surface area contributed by atoms with Crippen molar-refractivity contribution in [2.75, 3.05) is 20.2 Å². The summed E-state index contributed by atoms with van der Waals surface area (Å²) >= 11 is 0. The molecule has 8 heteroatoms. The molecule has 7 nitrogen and oxygen atoms in total. The van der Waals surface area contributed by atoms with Gasteiger partial charge in [0.15, 0.2) is 0 Å². The molecule has 0 aromatic heterocycles. The number of esters is 1. The van der Waals surface area contributed by atoms with Gasteiger partial charge in [-0.05, 0) is 25.7 Å². The molecule has 0 aromatic carbocycles. The molecule has 2 atom stereocenters. The van der Waals surface area contributed by atoms with Crippen molar-refractivity contribution in [2.45, 2.75) is 58.0 Å². The highest BCUT2D eigenvalue weighted by Crippen LogP contribution is 2.37. The average molecular weight is 376 g/mol. The van der Waals surface area contributed by atoms with E-state index < -0.39 is 12.0 Å². The highest BCUT2D eigenvalue weighted by molar-refractivity contribution is 5.85. The van der Waals surface area contributed by atoms with Crippen molar-refractivity contribution in [1.82, 2.24) is 10.2 Å². The van der Waals surface area contributed by atoms with E-state index in [1.165, 1.54) is 7.11 Å². The van der Waals surface area contributed by atoms with Gasteiger partial charge in [0.25, 0.3) is 0 Å². The lowest BCUT2D eigenvalue weighted by Gasteiger charge is -2.41. The molecule has 0 aromatic rings. The molecule has 25 heavy (non-hydrogen) atoms. The van der Waals surface area contributed by atoms with Crippen LogP contribution >= 0.6 is 12.4 Å². The minimum Gasteiger partial charge on any atom is -0.468 e. The largest absolute Gasteiger partial charge is 0.468 e. The number of ether oxygens (including phenoxy) is 1. The van der Waals surface area contributed by atoms with E-state index in [0.717, 1.165) is 12.8 Å². The lowest BCUT2D eigenvalue weighted by Crippen LogP contribution is -2.53. The molecular formula is C17H30ClN3O4. The molecule has 1 spiro atoms. The zero-order valence-corrected chi connectivity index (χ0v) is 16.3. The van der Waals surface area contributed by atoms with E-state index in [9.17, 15) is 14.4 Å². The maximum atomic E-state index is 12.4. The van der Waals surface area contributed by atoms with Crippen LogP contribution in [0, 0.1) is 11.3 Å². The van der Waals surface area contributed by atoms with Gasteiger partial charge < -0.3 is 20.7 Å². The molecule has 3 N–H and O–H groups in total. The average Bonchev–Trinajstić information content (AvgIpc) is 2.81. The number of carbonyl (C=O) groups excluding carboxylic acids is 3. The first kappa shape index (κ1) is 21.7. The normalized spacial score (nSPS) is 23.6. The molecule has 2 fully saturated rings. The van der Waals surface area contributed by atoms with E-state index in [4.69, 9.17) is 5.73 Å². The molecule has 2 amide bonds. The highest BCUT2D eigenvalue weighted by atomic mass is 35.5. The van der Waals surface area contributed by atoms with Crippen LogP contribution < -0.4 is 11.1 Å². The number of nitrogens with zero attached hydrogens (tertiary/aromatic N) is 1. The number of nitrogens with two attached hydrogens (primary N) is 1. The van der Waals surface area contributed by atoms with E-state index >= 15 is 0 Å². The molecule has 2 aliphatic rings. The number of likely N-dealkylation sites (tertiary alicyclic amines) is 1. The summed E-state index contributed by atoms with van der Waals surface area (Å²) in [6.45, 7) is 7.04. The van der Waals surface area contributed by atoms with Gasteiger partial charge in [0, 0.05) is 30.0 Å². The SMILES string of the molecule is COC(=O)[C@@H](N)CC1CC2(CCN(C(=O)C(C)(C)C)CC2)NC1=O.Cl. The van der Waals surface area contributed by atoms with E-state index in [0.29, 0.717) is 25.9 Å². The van der Waals surface area contributed by atoms with Crippen LogP contribution in [0.5, 0.6) is 0 Å². The number of rotatable bonds is 3. The Labute approximate surface area is 155 Å². The Morgan fingerprint density at radius 3 is 2.40 bits per heavy atom. The predicted molar refractivity (Wildman–Crippen MR) is 96.1 cm³/mol. The topological polar surface area (TPSA) is 102 Å². The van der Waals surface area contributed by atoms with Crippen molar-refractivity contribution in [3.05, 3.63) is 0 Å². The van der Waals surface area contributed by atoms with Crippen molar-refractivity contribution in [1.29, 1.82) is 0 Å². The number of halogens is 1. The molecular weight excluding hydrogens is 346 g/mol. The Bertz CT molecular complexity index is 524. The van der Waals surface area contributed by atoms with Crippen LogP contribution in [-0.4, -0.2) is 54.5 Å². The third kappa shape index (κ3) is 4.85. The van der Waals surface area contributed by atoms with Gasteiger partial charge in [-0.2, -0.15) is 0 Å². The molecule has 2 heterocycles. The molecule has 144 valence electrons. The van der Waals surface area contributed by atoms with E-state index in [1.54, 1.807) is 0 Å². The number of nitrogens with one attached hydrogen (secondary N) is 1. The summed E-state index contributed by atoms with van der Waals surface area (Å²) in [5, 5.41) is 3.10. The number of carbonyl (C=O) groups is 3. The Morgan fingerprint density at radius 1 is 1.36 bits per heavy atom. The second-order valence-electron chi connectivity index (χ2n) is 8.08. The monoisotopic (exact) mass is 375 g/mol. The number of amides is 2. The summed E-state index contributed by atoms with van der Waals surface area (Å²) in [5.74, 6) is -0.672. The maximum absolute atomic E-state index is 12.4. The standard InChI is InChI=1S/C17H29N3O4.ClH/c1-16(2,3)15(23)20-7-5-17(6-8-20)10-11(13(21)19-17)9-12(18)14(22)24-4;/h11-12H,5-10,18H2,1-4H3,(H,19,21);1H/t11?,12-;/m0./s1. The van der Waals surface area contributed by atoms with Gasteiger partial charge in [0.1, 0.15) is 6.04 Å². The first-order valence-corrected chi connectivity index (χ1v) is 8.53. The zero-order valence-electron chi connectivity index (χ0n) is 15.5. The van der Waals surface area contributed by atoms with Gasteiger partial charge in [0.05, 0.1) is 7.11 Å². The maximum Gasteiger partial charge on any atom is 0.322 e. The second kappa shape index (κ2) is 7.91. The molecule has 2 saturated heterocycles. The summed E-state index contributed by atoms with van der Waals surface area (Å²) < 4.78 is 4.63. The van der Waals surface area contributed by atoms with Gasteiger partial charge in [-0.25, -0.2) is 0 Å². The molecule has 2 aliphatic heterocycles. The number of hydrogen-bond donors (Lipinski definition) is 2. The fourth-order valence-electron chi connectivity index (χ4n) is 3.66. The summed E-state index contributed by atoms with van der Waals surface area (Å²) in [6.07, 6.45) is 2.44. The molecule has 0 radical (unpaired) electrons. The molecule has 0 bridgehead atoms. The van der Waals surface area contributed by atoms with E-state index in [1.807, 2.05) is 25.7 Å². The summed E-state index contributed by atoms with van der Waals surface area (Å²) in [4.78, 5) is 38.0. The second-order valence-corrected chi connectivity index (χ2v) is 8.08. The Kier molecular flexibility index (Phi) is 6.87. The van der Waals surface area contributed by atoms with Gasteiger partial charge in [-0.3, -0.25) is 14.4 Å². The van der Waals surface area contributed by atoms with Gasteiger partial charge in [-0.15, -0.1) is 12.4 Å². The van der Waals surface area contributed by atoms with Crippen molar-refractivity contribution in [3.63, 3.8) is 0 Å². The fraction of sp³-hybridized carbons (Fsp3) is 0.824.